The summed E-state index contributed by atoms with van der Waals surface area (Å²) in [7, 11) is 0. The zero-order chi connectivity index (χ0) is 20.8. The highest BCUT2D eigenvalue weighted by molar-refractivity contribution is 5.87. The summed E-state index contributed by atoms with van der Waals surface area (Å²) in [6.45, 7) is 0.370. The van der Waals surface area contributed by atoms with Crippen LogP contribution in [0.3, 0.4) is 0 Å². The lowest BCUT2D eigenvalue weighted by Gasteiger charge is -2.16. The molecule has 4 rings (SSSR count). The second kappa shape index (κ2) is 9.39. The zero-order valence-electron chi connectivity index (χ0n) is 16.5. The highest BCUT2D eigenvalue weighted by Gasteiger charge is 2.24. The maximum atomic E-state index is 13.3. The van der Waals surface area contributed by atoms with Gasteiger partial charge in [0.2, 0.25) is 5.91 Å². The van der Waals surface area contributed by atoms with Crippen LogP contribution in [0.2, 0.25) is 0 Å². The number of halogens is 1. The molecule has 3 aromatic rings. The number of hydrogen-bond acceptors (Lipinski definition) is 4. The minimum atomic E-state index is -0.264. The lowest BCUT2D eigenvalue weighted by Crippen LogP contribution is -2.33. The molecule has 0 fully saturated rings. The number of furan rings is 1. The van der Waals surface area contributed by atoms with Crippen LogP contribution in [0, 0.1) is 5.82 Å². The summed E-state index contributed by atoms with van der Waals surface area (Å²) < 4.78 is 18.9. The van der Waals surface area contributed by atoms with Gasteiger partial charge in [-0.2, -0.15) is 0 Å². The lowest BCUT2D eigenvalue weighted by molar-refractivity contribution is -0.122. The van der Waals surface area contributed by atoms with E-state index < -0.39 is 0 Å². The van der Waals surface area contributed by atoms with Crippen molar-refractivity contribution in [3.05, 3.63) is 95.7 Å². The summed E-state index contributed by atoms with van der Waals surface area (Å²) in [5.41, 5.74) is 2.73. The molecule has 0 aliphatic carbocycles. The molecule has 1 aromatic heterocycles. The van der Waals surface area contributed by atoms with Crippen LogP contribution in [0.4, 0.5) is 4.39 Å². The first kappa shape index (κ1) is 19.9. The van der Waals surface area contributed by atoms with Crippen molar-refractivity contribution in [2.45, 2.75) is 31.3 Å². The normalized spacial score (nSPS) is 16.6. The molecular formula is C24H23FN2O3. The van der Waals surface area contributed by atoms with E-state index in [1.54, 1.807) is 12.3 Å². The number of nitrogens with one attached hydrogen (secondary N) is 1. The number of carbonyl (C=O) groups is 1. The van der Waals surface area contributed by atoms with Crippen molar-refractivity contribution in [3.63, 3.8) is 0 Å². The van der Waals surface area contributed by atoms with Crippen molar-refractivity contribution in [2.24, 2.45) is 5.16 Å². The first-order chi connectivity index (χ1) is 14.7. The third kappa shape index (κ3) is 5.14. The van der Waals surface area contributed by atoms with Crippen LogP contribution in [0.15, 0.2) is 82.6 Å². The molecule has 2 atom stereocenters. The molecule has 154 valence electrons. The van der Waals surface area contributed by atoms with Gasteiger partial charge in [-0.1, -0.05) is 47.6 Å². The summed E-state index contributed by atoms with van der Waals surface area (Å²) >= 11 is 0. The standard InChI is InChI=1S/C24H23FN2O3/c25-19-9-4-6-17(12-19)13-20-14-21(30-27-20)16-26-24(28)15-22(23-10-5-11-29-23)18-7-2-1-3-8-18/h1-12,21-22H,13-16H2,(H,26,28)/t21-,22-/m0/s1. The molecule has 6 heteroatoms. The number of carbonyl (C=O) groups excluding carboxylic acids is 1. The van der Waals surface area contributed by atoms with E-state index in [0.29, 0.717) is 19.4 Å². The largest absolute Gasteiger partial charge is 0.469 e. The van der Waals surface area contributed by atoms with Gasteiger partial charge < -0.3 is 14.6 Å². The summed E-state index contributed by atoms with van der Waals surface area (Å²) in [6, 6.07) is 20.0. The Labute approximate surface area is 174 Å². The van der Waals surface area contributed by atoms with Crippen LogP contribution in [0.5, 0.6) is 0 Å². The molecule has 0 saturated carbocycles. The lowest BCUT2D eigenvalue weighted by atomic mass is 9.93. The van der Waals surface area contributed by atoms with Crippen molar-refractivity contribution >= 4 is 11.6 Å². The number of nitrogens with zero attached hydrogens (tertiary/aromatic N) is 1. The van der Waals surface area contributed by atoms with Gasteiger partial charge >= 0.3 is 0 Å². The maximum Gasteiger partial charge on any atom is 0.221 e. The number of oxime groups is 1. The smallest absolute Gasteiger partial charge is 0.221 e. The van der Waals surface area contributed by atoms with Crippen molar-refractivity contribution in [1.82, 2.24) is 5.32 Å². The molecular weight excluding hydrogens is 383 g/mol. The number of benzene rings is 2. The molecule has 5 nitrogen and oxygen atoms in total. The Balaban J connectivity index is 1.28. The first-order valence-electron chi connectivity index (χ1n) is 9.98. The van der Waals surface area contributed by atoms with Crippen LogP contribution in [-0.2, 0) is 16.1 Å². The third-order valence-corrected chi connectivity index (χ3v) is 5.10. The van der Waals surface area contributed by atoms with Gasteiger partial charge in [0.15, 0.2) is 0 Å². The van der Waals surface area contributed by atoms with Crippen LogP contribution < -0.4 is 5.32 Å². The quantitative estimate of drug-likeness (QED) is 0.601. The Morgan fingerprint density at radius 3 is 2.77 bits per heavy atom. The van der Waals surface area contributed by atoms with Gasteiger partial charge in [-0.15, -0.1) is 0 Å². The molecule has 0 bridgehead atoms. The molecule has 1 amide bonds. The molecule has 30 heavy (non-hydrogen) atoms. The van der Waals surface area contributed by atoms with E-state index in [1.165, 1.54) is 12.1 Å². The SMILES string of the molecule is O=C(C[C@@H](c1ccccc1)c1ccco1)NC[C@@H]1CC(Cc2cccc(F)c2)=NO1. The average molecular weight is 406 g/mol. The van der Waals surface area contributed by atoms with Gasteiger partial charge in [0.1, 0.15) is 17.7 Å². The van der Waals surface area contributed by atoms with Gasteiger partial charge in [-0.3, -0.25) is 4.79 Å². The molecule has 1 aliphatic rings. The number of hydrogen-bond donors (Lipinski definition) is 1. The Hall–Kier alpha value is -3.41. The van der Waals surface area contributed by atoms with E-state index in [2.05, 4.69) is 10.5 Å². The molecule has 1 N–H and O–H groups in total. The van der Waals surface area contributed by atoms with Gasteiger partial charge in [-0.05, 0) is 35.4 Å². The average Bonchev–Trinajstić information content (AvgIpc) is 3.43. The van der Waals surface area contributed by atoms with Crippen LogP contribution in [-0.4, -0.2) is 24.3 Å². The molecule has 0 radical (unpaired) electrons. The van der Waals surface area contributed by atoms with E-state index in [9.17, 15) is 9.18 Å². The Morgan fingerprint density at radius 1 is 1.13 bits per heavy atom. The third-order valence-electron chi connectivity index (χ3n) is 5.10. The molecule has 0 spiro atoms. The predicted octanol–water partition coefficient (Wildman–Crippen LogP) is 4.44. The predicted molar refractivity (Wildman–Crippen MR) is 112 cm³/mol. The summed E-state index contributed by atoms with van der Waals surface area (Å²) in [5.74, 6) is 0.266. The van der Waals surface area contributed by atoms with E-state index in [1.807, 2.05) is 48.5 Å². The van der Waals surface area contributed by atoms with Crippen LogP contribution in [0.25, 0.3) is 0 Å². The van der Waals surface area contributed by atoms with Gasteiger partial charge in [0.25, 0.3) is 0 Å². The number of amides is 1. The van der Waals surface area contributed by atoms with Crippen molar-refractivity contribution in [2.75, 3.05) is 6.54 Å². The molecule has 2 heterocycles. The topological polar surface area (TPSA) is 63.8 Å². The van der Waals surface area contributed by atoms with Crippen molar-refractivity contribution in [1.29, 1.82) is 0 Å². The molecule has 1 aliphatic heterocycles. The molecule has 2 aromatic carbocycles. The monoisotopic (exact) mass is 406 g/mol. The van der Waals surface area contributed by atoms with Crippen LogP contribution in [0.1, 0.15) is 35.6 Å². The van der Waals surface area contributed by atoms with E-state index >= 15 is 0 Å². The van der Waals surface area contributed by atoms with Gasteiger partial charge in [0.05, 0.1) is 24.4 Å². The van der Waals surface area contributed by atoms with Crippen molar-refractivity contribution in [3.8, 4) is 0 Å². The second-order valence-electron chi connectivity index (χ2n) is 7.38. The minimum absolute atomic E-state index is 0.0811. The fourth-order valence-electron chi connectivity index (χ4n) is 3.63. The van der Waals surface area contributed by atoms with Gasteiger partial charge in [-0.25, -0.2) is 4.39 Å². The van der Waals surface area contributed by atoms with E-state index in [0.717, 1.165) is 22.6 Å². The number of rotatable bonds is 8. The fraction of sp³-hybridized carbons (Fsp3) is 0.250. The summed E-state index contributed by atoms with van der Waals surface area (Å²) in [6.07, 6.45) is 2.83. The van der Waals surface area contributed by atoms with Crippen LogP contribution >= 0.6 is 0 Å². The second-order valence-corrected chi connectivity index (χ2v) is 7.38. The minimum Gasteiger partial charge on any atom is -0.469 e. The van der Waals surface area contributed by atoms with E-state index in [4.69, 9.17) is 9.25 Å². The zero-order valence-corrected chi connectivity index (χ0v) is 16.5. The maximum absolute atomic E-state index is 13.3. The Morgan fingerprint density at radius 2 is 2.00 bits per heavy atom. The molecule has 0 saturated heterocycles. The van der Waals surface area contributed by atoms with Gasteiger partial charge in [0, 0.05) is 19.3 Å². The highest BCUT2D eigenvalue weighted by atomic mass is 19.1. The molecule has 0 unspecified atom stereocenters. The van der Waals surface area contributed by atoms with Crippen molar-refractivity contribution < 1.29 is 18.4 Å². The van der Waals surface area contributed by atoms with E-state index in [-0.39, 0.29) is 30.2 Å². The summed E-state index contributed by atoms with van der Waals surface area (Å²) in [4.78, 5) is 18.0. The summed E-state index contributed by atoms with van der Waals surface area (Å²) in [5, 5.41) is 7.04. The highest BCUT2D eigenvalue weighted by Crippen LogP contribution is 2.28. The Bertz CT molecular complexity index is 1000. The fourth-order valence-corrected chi connectivity index (χ4v) is 3.63. The Kier molecular flexibility index (Phi) is 6.23. The first-order valence-corrected chi connectivity index (χ1v) is 9.98.